The third-order valence-corrected chi connectivity index (χ3v) is 13.8. The predicted molar refractivity (Wildman–Crippen MR) is 229 cm³/mol. The van der Waals surface area contributed by atoms with Crippen molar-refractivity contribution in [2.45, 2.75) is 31.7 Å². The van der Waals surface area contributed by atoms with Gasteiger partial charge in [0.05, 0.1) is 33.4 Å². The molecule has 298 valence electrons. The normalized spacial score (nSPS) is 11.9. The van der Waals surface area contributed by atoms with E-state index in [1.54, 1.807) is 36.4 Å². The number of carbonyl (C=O) groups is 4. The van der Waals surface area contributed by atoms with Crippen LogP contribution >= 0.6 is 7.26 Å². The van der Waals surface area contributed by atoms with Gasteiger partial charge in [-0.3, -0.25) is 14.4 Å². The van der Waals surface area contributed by atoms with Crippen LogP contribution in [-0.4, -0.2) is 61.6 Å². The molecule has 5 aromatic rings. The van der Waals surface area contributed by atoms with E-state index in [1.165, 1.54) is 54.4 Å². The van der Waals surface area contributed by atoms with Crippen molar-refractivity contribution >= 4 is 58.8 Å². The van der Waals surface area contributed by atoms with Crippen LogP contribution in [0.4, 0.5) is 0 Å². The van der Waals surface area contributed by atoms with E-state index in [4.69, 9.17) is 29.8 Å². The fourth-order valence-electron chi connectivity index (χ4n) is 6.34. The van der Waals surface area contributed by atoms with Gasteiger partial charge in [0, 0.05) is 6.42 Å². The molecule has 0 saturated heterocycles. The molecule has 0 spiro atoms. The van der Waals surface area contributed by atoms with Crippen LogP contribution in [0.2, 0.25) is 0 Å². The van der Waals surface area contributed by atoms with E-state index in [-0.39, 0.29) is 36.1 Å². The van der Waals surface area contributed by atoms with Crippen molar-refractivity contribution < 1.29 is 43.2 Å². The molecule has 0 amide bonds. The van der Waals surface area contributed by atoms with Gasteiger partial charge in [0.25, 0.3) is 0 Å². The summed E-state index contributed by atoms with van der Waals surface area (Å²) in [5, 5.41) is 13.0. The van der Waals surface area contributed by atoms with E-state index in [9.17, 15) is 19.2 Å². The van der Waals surface area contributed by atoms with Crippen molar-refractivity contribution in [2.24, 2.45) is 5.73 Å². The Morgan fingerprint density at radius 3 is 1.50 bits per heavy atom. The monoisotopic (exact) mass is 800 g/mol. The van der Waals surface area contributed by atoms with Crippen molar-refractivity contribution in [3.05, 3.63) is 151 Å². The number of hydrogen-bond donors (Lipinski definition) is 2. The Hall–Kier alpha value is -6.19. The molecular formula is C47H47NO9P+. The first-order valence-electron chi connectivity index (χ1n) is 18.8. The molecule has 11 heteroatoms. The summed E-state index contributed by atoms with van der Waals surface area (Å²) >= 11 is 0. The second-order valence-corrected chi connectivity index (χ2v) is 16.9. The number of benzene rings is 5. The van der Waals surface area contributed by atoms with Gasteiger partial charge in [-0.15, -0.1) is 0 Å². The van der Waals surface area contributed by atoms with Crippen LogP contribution in [0.3, 0.4) is 0 Å². The number of allylic oxidation sites excluding steroid dienone is 2. The molecule has 5 aromatic carbocycles. The van der Waals surface area contributed by atoms with Crippen LogP contribution in [-0.2, 0) is 19.2 Å². The second-order valence-electron chi connectivity index (χ2n) is 13.3. The Morgan fingerprint density at radius 2 is 1.07 bits per heavy atom. The van der Waals surface area contributed by atoms with E-state index in [0.29, 0.717) is 23.3 Å². The van der Waals surface area contributed by atoms with Crippen LogP contribution in [0.5, 0.6) is 23.0 Å². The van der Waals surface area contributed by atoms with Gasteiger partial charge in [-0.1, -0.05) is 78.9 Å². The molecule has 0 aliphatic heterocycles. The Kier molecular flexibility index (Phi) is 15.8. The lowest BCUT2D eigenvalue weighted by molar-refractivity contribution is -0.137. The molecule has 0 saturated carbocycles. The smallest absolute Gasteiger partial charge is 0.330 e. The van der Waals surface area contributed by atoms with Crippen LogP contribution in [0.25, 0.3) is 12.2 Å². The second kappa shape index (κ2) is 21.4. The molecule has 5 rings (SSSR count). The minimum atomic E-state index is -2.00. The maximum absolute atomic E-state index is 13.1. The van der Waals surface area contributed by atoms with Crippen LogP contribution in [0, 0.1) is 0 Å². The van der Waals surface area contributed by atoms with Gasteiger partial charge < -0.3 is 29.8 Å². The van der Waals surface area contributed by atoms with Gasteiger partial charge in [0.2, 0.25) is 0 Å². The number of carbonyl (C=O) groups excluding carboxylic acids is 4. The van der Waals surface area contributed by atoms with Gasteiger partial charge >= 0.3 is 11.9 Å². The van der Waals surface area contributed by atoms with Crippen molar-refractivity contribution in [2.75, 3.05) is 27.0 Å². The number of esters is 2. The average molecular weight is 801 g/mol. The van der Waals surface area contributed by atoms with Crippen molar-refractivity contribution in [3.63, 3.8) is 0 Å². The SMILES string of the molecule is COc1cc(/C=C/C(=O)CC(=O)/C=C/c2ccc(OC(=O)C(N)CO)c(OC)c2)ccc1OC(=O)CCCC[P+](c1ccccc1)(c1ccccc1)c1ccccc1. The lowest BCUT2D eigenvalue weighted by Crippen LogP contribution is -2.37. The highest BCUT2D eigenvalue weighted by Crippen LogP contribution is 2.56. The number of aliphatic hydroxyl groups excluding tert-OH is 1. The third kappa shape index (κ3) is 11.4. The summed E-state index contributed by atoms with van der Waals surface area (Å²) < 4.78 is 21.7. The minimum Gasteiger partial charge on any atom is -0.493 e. The zero-order valence-electron chi connectivity index (χ0n) is 32.5. The van der Waals surface area contributed by atoms with Crippen LogP contribution < -0.4 is 40.6 Å². The number of ketones is 2. The third-order valence-electron chi connectivity index (χ3n) is 9.30. The molecule has 1 atom stereocenters. The molecule has 0 aliphatic rings. The molecule has 3 N–H and O–H groups in total. The molecule has 0 radical (unpaired) electrons. The van der Waals surface area contributed by atoms with Crippen LogP contribution in [0.1, 0.15) is 36.8 Å². The highest BCUT2D eigenvalue weighted by Gasteiger charge is 2.44. The molecule has 0 aromatic heterocycles. The molecule has 0 heterocycles. The number of nitrogens with two attached hydrogens (primary N) is 1. The van der Waals surface area contributed by atoms with Gasteiger partial charge in [-0.25, -0.2) is 4.79 Å². The Balaban J connectivity index is 1.15. The fraction of sp³-hybridized carbons (Fsp3) is 0.191. The average Bonchev–Trinajstić information content (AvgIpc) is 3.26. The number of ether oxygens (including phenoxy) is 4. The summed E-state index contributed by atoms with van der Waals surface area (Å²) in [6, 6.07) is 40.3. The topological polar surface area (TPSA) is 151 Å². The summed E-state index contributed by atoms with van der Waals surface area (Å²) in [4.78, 5) is 50.2. The van der Waals surface area contributed by atoms with E-state index < -0.39 is 37.4 Å². The Labute approximate surface area is 339 Å². The molecule has 58 heavy (non-hydrogen) atoms. The standard InChI is InChI=1S/C47H47NO9P/c1-54-44-30-34(21-25-36(50)32-37(51)26-22-35-24-28-43(45(31-35)55-2)57-47(53)41(48)33-49)23-27-42(44)56-46(52)20-12-13-29-58(38-14-6-3-7-15-38,39-16-8-4-9-17-39)40-18-10-5-11-19-40/h3-11,14-19,21-28,30-31,41,49H,12-13,20,29,32-33,48H2,1-2H3/q+1/b25-21+,26-22+. The maximum Gasteiger partial charge on any atom is 0.330 e. The summed E-state index contributed by atoms with van der Waals surface area (Å²) in [6.07, 6.45) is 7.87. The van der Waals surface area contributed by atoms with Gasteiger partial charge in [0.15, 0.2) is 34.6 Å². The molecule has 0 aliphatic carbocycles. The van der Waals surface area contributed by atoms with Gasteiger partial charge in [0.1, 0.15) is 29.2 Å². The van der Waals surface area contributed by atoms with Crippen molar-refractivity contribution in [1.29, 1.82) is 0 Å². The number of unbranched alkanes of at least 4 members (excludes halogenated alkanes) is 1. The highest BCUT2D eigenvalue weighted by atomic mass is 31.2. The van der Waals surface area contributed by atoms with Crippen LogP contribution in [0.15, 0.2) is 140 Å². The zero-order chi connectivity index (χ0) is 41.3. The van der Waals surface area contributed by atoms with Gasteiger partial charge in [-0.05, 0) is 96.8 Å². The summed E-state index contributed by atoms with van der Waals surface area (Å²) in [5.41, 5.74) is 6.67. The number of hydrogen-bond acceptors (Lipinski definition) is 10. The molecule has 0 fully saturated rings. The first-order chi connectivity index (χ1) is 28.2. The number of aliphatic hydroxyl groups is 1. The van der Waals surface area contributed by atoms with E-state index in [2.05, 4.69) is 72.8 Å². The molecule has 1 unspecified atom stereocenters. The molecular weight excluding hydrogens is 753 g/mol. The Bertz CT molecular complexity index is 2130. The lowest BCUT2D eigenvalue weighted by Gasteiger charge is -2.27. The quantitative estimate of drug-likeness (QED) is 0.0231. The summed E-state index contributed by atoms with van der Waals surface area (Å²) in [5.74, 6) is -1.11. The molecule has 10 nitrogen and oxygen atoms in total. The highest BCUT2D eigenvalue weighted by molar-refractivity contribution is 7.95. The van der Waals surface area contributed by atoms with E-state index in [1.807, 2.05) is 18.2 Å². The first kappa shape index (κ1) is 42.9. The van der Waals surface area contributed by atoms with E-state index in [0.717, 1.165) is 12.6 Å². The molecule has 0 bridgehead atoms. The van der Waals surface area contributed by atoms with E-state index >= 15 is 0 Å². The Morgan fingerprint density at radius 1 is 0.621 bits per heavy atom. The maximum atomic E-state index is 13.1. The fourth-order valence-corrected chi connectivity index (χ4v) is 10.8. The number of methoxy groups -OCH3 is 2. The zero-order valence-corrected chi connectivity index (χ0v) is 33.4. The summed E-state index contributed by atoms with van der Waals surface area (Å²) in [7, 11) is 0.859. The van der Waals surface area contributed by atoms with Gasteiger partial charge in [-0.2, -0.15) is 0 Å². The lowest BCUT2D eigenvalue weighted by atomic mass is 10.1. The predicted octanol–water partition coefficient (Wildman–Crippen LogP) is 6.25. The van der Waals surface area contributed by atoms with Crippen molar-refractivity contribution in [3.8, 4) is 23.0 Å². The minimum absolute atomic E-state index is 0.101. The first-order valence-corrected chi connectivity index (χ1v) is 20.8. The van der Waals surface area contributed by atoms with Crippen molar-refractivity contribution in [1.82, 2.24) is 0 Å². The summed E-state index contributed by atoms with van der Waals surface area (Å²) in [6.45, 7) is -0.569. The largest absolute Gasteiger partial charge is 0.493 e. The number of rotatable bonds is 20.